The largest absolute Gasteiger partial charge is 0.465 e. The van der Waals surface area contributed by atoms with E-state index in [0.717, 1.165) is 25.7 Å². The van der Waals surface area contributed by atoms with Crippen molar-refractivity contribution < 1.29 is 19.4 Å². The molecule has 0 aliphatic heterocycles. The van der Waals surface area contributed by atoms with Crippen LogP contribution in [-0.2, 0) is 9.53 Å². The summed E-state index contributed by atoms with van der Waals surface area (Å²) in [6.45, 7) is 0.433. The highest BCUT2D eigenvalue weighted by Gasteiger charge is 2.26. The first-order chi connectivity index (χ1) is 8.54. The highest BCUT2D eigenvalue weighted by atomic mass is 16.5. The Morgan fingerprint density at radius 3 is 2.44 bits per heavy atom. The molecule has 18 heavy (non-hydrogen) atoms. The van der Waals surface area contributed by atoms with Crippen LogP contribution in [0.15, 0.2) is 0 Å². The number of hydrogen-bond acceptors (Lipinski definition) is 3. The fourth-order valence-electron chi connectivity index (χ4n) is 2.26. The summed E-state index contributed by atoms with van der Waals surface area (Å²) >= 11 is 0. The molecule has 6 heteroatoms. The number of methoxy groups -OCH3 is 1. The number of nitrogens with one attached hydrogen (secondary N) is 1. The van der Waals surface area contributed by atoms with Gasteiger partial charge in [0.05, 0.1) is 6.61 Å². The van der Waals surface area contributed by atoms with Gasteiger partial charge in [-0.1, -0.05) is 0 Å². The van der Waals surface area contributed by atoms with E-state index in [1.54, 1.807) is 14.2 Å². The van der Waals surface area contributed by atoms with Crippen molar-refractivity contribution in [3.63, 3.8) is 0 Å². The van der Waals surface area contributed by atoms with Crippen LogP contribution in [0.2, 0.25) is 0 Å². The van der Waals surface area contributed by atoms with Gasteiger partial charge >= 0.3 is 6.09 Å². The fraction of sp³-hybridized carbons (Fsp3) is 0.833. The van der Waals surface area contributed by atoms with E-state index in [-0.39, 0.29) is 18.0 Å². The molecular formula is C12H22N2O4. The van der Waals surface area contributed by atoms with Crippen molar-refractivity contribution in [3.8, 4) is 0 Å². The zero-order valence-electron chi connectivity index (χ0n) is 11.0. The molecule has 0 aromatic heterocycles. The number of carbonyl (C=O) groups is 2. The smallest absolute Gasteiger partial charge is 0.407 e. The lowest BCUT2D eigenvalue weighted by Crippen LogP contribution is -2.44. The molecule has 1 rings (SSSR count). The first-order valence-corrected chi connectivity index (χ1v) is 6.28. The standard InChI is InChI=1S/C12H22N2O4/c1-14(12(16)17)10-5-3-9(4-6-10)13-11(15)7-8-18-2/h9-10H,3-8H2,1-2H3,(H,13,15)(H,16,17). The molecule has 1 aliphatic rings. The molecule has 1 saturated carbocycles. The first-order valence-electron chi connectivity index (χ1n) is 6.28. The Bertz CT molecular complexity index is 288. The highest BCUT2D eigenvalue weighted by Crippen LogP contribution is 2.22. The van der Waals surface area contributed by atoms with Gasteiger partial charge in [0, 0.05) is 32.7 Å². The molecule has 0 aromatic carbocycles. The molecule has 0 bridgehead atoms. The summed E-state index contributed by atoms with van der Waals surface area (Å²) < 4.78 is 4.84. The molecule has 0 saturated heterocycles. The normalized spacial score (nSPS) is 23.4. The molecule has 0 spiro atoms. The van der Waals surface area contributed by atoms with Crippen molar-refractivity contribution in [2.45, 2.75) is 44.2 Å². The predicted molar refractivity (Wildman–Crippen MR) is 66.5 cm³/mol. The third-order valence-electron chi connectivity index (χ3n) is 3.44. The number of carbonyl (C=O) groups excluding carboxylic acids is 1. The van der Waals surface area contributed by atoms with E-state index in [4.69, 9.17) is 9.84 Å². The van der Waals surface area contributed by atoms with E-state index in [0.29, 0.717) is 13.0 Å². The summed E-state index contributed by atoms with van der Waals surface area (Å²) in [5, 5.41) is 11.8. The minimum Gasteiger partial charge on any atom is -0.465 e. The quantitative estimate of drug-likeness (QED) is 0.773. The molecular weight excluding hydrogens is 236 g/mol. The summed E-state index contributed by atoms with van der Waals surface area (Å²) in [6.07, 6.45) is 2.77. The third kappa shape index (κ3) is 4.52. The summed E-state index contributed by atoms with van der Waals surface area (Å²) in [5.74, 6) is 0.00638. The Morgan fingerprint density at radius 2 is 1.94 bits per heavy atom. The lowest BCUT2D eigenvalue weighted by Gasteiger charge is -2.33. The van der Waals surface area contributed by atoms with Crippen molar-refractivity contribution in [3.05, 3.63) is 0 Å². The average molecular weight is 258 g/mol. The maximum Gasteiger partial charge on any atom is 0.407 e. The van der Waals surface area contributed by atoms with Crippen molar-refractivity contribution in [1.82, 2.24) is 10.2 Å². The molecule has 0 aromatic rings. The van der Waals surface area contributed by atoms with Crippen LogP contribution < -0.4 is 5.32 Å². The van der Waals surface area contributed by atoms with E-state index in [1.165, 1.54) is 4.90 Å². The van der Waals surface area contributed by atoms with E-state index in [2.05, 4.69) is 5.32 Å². The molecule has 0 heterocycles. The fourth-order valence-corrected chi connectivity index (χ4v) is 2.26. The second-order valence-electron chi connectivity index (χ2n) is 4.71. The van der Waals surface area contributed by atoms with Crippen LogP contribution in [0.4, 0.5) is 4.79 Å². The summed E-state index contributed by atoms with van der Waals surface area (Å²) in [5.41, 5.74) is 0. The minimum absolute atomic E-state index is 0.00638. The van der Waals surface area contributed by atoms with Crippen LogP contribution in [0.1, 0.15) is 32.1 Å². The number of hydrogen-bond donors (Lipinski definition) is 2. The average Bonchev–Trinajstić information content (AvgIpc) is 2.36. The third-order valence-corrected chi connectivity index (χ3v) is 3.44. The van der Waals surface area contributed by atoms with Crippen molar-refractivity contribution >= 4 is 12.0 Å². The van der Waals surface area contributed by atoms with E-state index < -0.39 is 6.09 Å². The topological polar surface area (TPSA) is 78.9 Å². The van der Waals surface area contributed by atoms with Crippen LogP contribution in [0, 0.1) is 0 Å². The Kier molecular flexibility index (Phi) is 5.91. The number of nitrogens with zero attached hydrogens (tertiary/aromatic N) is 1. The summed E-state index contributed by atoms with van der Waals surface area (Å²) in [6, 6.07) is 0.252. The molecule has 104 valence electrons. The van der Waals surface area contributed by atoms with Crippen LogP contribution in [-0.4, -0.2) is 54.9 Å². The Labute approximate surface area is 107 Å². The number of carboxylic acid groups (broad SMARTS) is 1. The van der Waals surface area contributed by atoms with Crippen LogP contribution in [0.5, 0.6) is 0 Å². The van der Waals surface area contributed by atoms with E-state index in [1.807, 2.05) is 0 Å². The monoisotopic (exact) mass is 258 g/mol. The zero-order valence-corrected chi connectivity index (χ0v) is 11.0. The van der Waals surface area contributed by atoms with Gasteiger partial charge in [-0.05, 0) is 25.7 Å². The van der Waals surface area contributed by atoms with E-state index >= 15 is 0 Å². The van der Waals surface area contributed by atoms with E-state index in [9.17, 15) is 9.59 Å². The molecule has 0 unspecified atom stereocenters. The molecule has 0 atom stereocenters. The molecule has 1 aliphatic carbocycles. The van der Waals surface area contributed by atoms with Gasteiger partial charge in [0.15, 0.2) is 0 Å². The van der Waals surface area contributed by atoms with Gasteiger partial charge in [-0.15, -0.1) is 0 Å². The van der Waals surface area contributed by atoms with Crippen molar-refractivity contribution in [2.75, 3.05) is 20.8 Å². The van der Waals surface area contributed by atoms with Gasteiger partial charge in [0.25, 0.3) is 0 Å². The number of ether oxygens (including phenoxy) is 1. The first kappa shape index (κ1) is 14.8. The van der Waals surface area contributed by atoms with Crippen LogP contribution in [0.3, 0.4) is 0 Å². The lowest BCUT2D eigenvalue weighted by molar-refractivity contribution is -0.122. The predicted octanol–water partition coefficient (Wildman–Crippen LogP) is 1.06. The van der Waals surface area contributed by atoms with Gasteiger partial charge in [-0.25, -0.2) is 4.79 Å². The Morgan fingerprint density at radius 1 is 1.33 bits per heavy atom. The van der Waals surface area contributed by atoms with Gasteiger partial charge in [-0.2, -0.15) is 0 Å². The minimum atomic E-state index is -0.886. The Hall–Kier alpha value is -1.30. The van der Waals surface area contributed by atoms with Gasteiger partial charge < -0.3 is 20.1 Å². The van der Waals surface area contributed by atoms with Crippen LogP contribution in [0.25, 0.3) is 0 Å². The maximum absolute atomic E-state index is 11.5. The summed E-state index contributed by atoms with van der Waals surface area (Å²) in [7, 11) is 3.17. The van der Waals surface area contributed by atoms with Gasteiger partial charge in [0.2, 0.25) is 5.91 Å². The highest BCUT2D eigenvalue weighted by molar-refractivity contribution is 5.76. The van der Waals surface area contributed by atoms with Crippen molar-refractivity contribution in [2.24, 2.45) is 0 Å². The second kappa shape index (κ2) is 7.20. The van der Waals surface area contributed by atoms with Gasteiger partial charge in [-0.3, -0.25) is 4.79 Å². The van der Waals surface area contributed by atoms with Gasteiger partial charge in [0.1, 0.15) is 0 Å². The molecule has 2 amide bonds. The molecule has 1 fully saturated rings. The number of rotatable bonds is 5. The second-order valence-corrected chi connectivity index (χ2v) is 4.71. The SMILES string of the molecule is COCCC(=O)NC1CCC(N(C)C(=O)O)CC1. The summed E-state index contributed by atoms with van der Waals surface area (Å²) in [4.78, 5) is 23.7. The maximum atomic E-state index is 11.5. The lowest BCUT2D eigenvalue weighted by atomic mass is 9.90. The molecule has 2 N–H and O–H groups in total. The molecule has 6 nitrogen and oxygen atoms in total. The van der Waals surface area contributed by atoms with Crippen molar-refractivity contribution in [1.29, 1.82) is 0 Å². The Balaban J connectivity index is 2.27. The molecule has 0 radical (unpaired) electrons. The van der Waals surface area contributed by atoms with Crippen LogP contribution >= 0.6 is 0 Å². The number of amides is 2. The zero-order chi connectivity index (χ0) is 13.5.